The van der Waals surface area contributed by atoms with E-state index in [1.807, 2.05) is 0 Å². The zero-order chi connectivity index (χ0) is 40.4. The molecule has 2 aliphatic carbocycles. The molecule has 13 nitrogen and oxygen atoms in total. The molecule has 4 aromatic rings. The maximum atomic E-state index is 14.7. The van der Waals surface area contributed by atoms with Crippen LogP contribution in [0.25, 0.3) is 33.0 Å². The second-order valence-corrected chi connectivity index (χ2v) is 17.0. The van der Waals surface area contributed by atoms with E-state index in [2.05, 4.69) is 15.0 Å². The molecule has 19 heteroatoms. The van der Waals surface area contributed by atoms with Crippen molar-refractivity contribution in [1.82, 2.24) is 25.2 Å². The Morgan fingerprint density at radius 3 is 2.51 bits per heavy atom. The topological polar surface area (TPSA) is 177 Å². The largest absolute Gasteiger partial charge is 0.484 e. The summed E-state index contributed by atoms with van der Waals surface area (Å²) in [7, 11) is -4.04. The molecule has 0 radical (unpaired) electrons. The first kappa shape index (κ1) is 38.5. The number of pyridine rings is 1. The fourth-order valence-electron chi connectivity index (χ4n) is 7.72. The highest BCUT2D eigenvalue weighted by Gasteiger charge is 2.62. The Balaban J connectivity index is 1.17. The lowest BCUT2D eigenvalue weighted by Gasteiger charge is -2.30. The number of rotatable bonds is 6. The molecular weight excluding hydrogens is 782 g/mol. The number of aromatic nitrogens is 1. The van der Waals surface area contributed by atoms with E-state index in [1.54, 1.807) is 17.5 Å². The summed E-state index contributed by atoms with van der Waals surface area (Å²) in [5, 5.41) is 4.23. The van der Waals surface area contributed by atoms with Gasteiger partial charge in [0.05, 0.1) is 17.3 Å². The van der Waals surface area contributed by atoms with Gasteiger partial charge in [0.1, 0.15) is 46.5 Å². The third kappa shape index (κ3) is 7.48. The quantitative estimate of drug-likeness (QED) is 0.182. The summed E-state index contributed by atoms with van der Waals surface area (Å²) in [5.41, 5.74) is -1.15. The minimum atomic E-state index is -5.32. The van der Waals surface area contributed by atoms with E-state index in [0.717, 1.165) is 17.0 Å². The van der Waals surface area contributed by atoms with E-state index in [4.69, 9.17) is 9.15 Å². The van der Waals surface area contributed by atoms with Gasteiger partial charge < -0.3 is 24.7 Å². The summed E-state index contributed by atoms with van der Waals surface area (Å²) in [4.78, 5) is 60.0. The number of nitrogens with one attached hydrogen (secondary N) is 3. The summed E-state index contributed by atoms with van der Waals surface area (Å²) in [6.07, 6.45) is -0.973. The van der Waals surface area contributed by atoms with Gasteiger partial charge >= 0.3 is 12.1 Å². The van der Waals surface area contributed by atoms with E-state index in [1.165, 1.54) is 24.3 Å². The third-order valence-electron chi connectivity index (χ3n) is 11.0. The lowest BCUT2D eigenvalue weighted by Crippen LogP contribution is -2.58. The molecule has 2 aromatic carbocycles. The molecule has 4 aliphatic rings. The highest BCUT2D eigenvalue weighted by Crippen LogP contribution is 2.46. The van der Waals surface area contributed by atoms with Gasteiger partial charge in [-0.1, -0.05) is 25.0 Å². The van der Waals surface area contributed by atoms with Crippen LogP contribution in [0.15, 0.2) is 53.0 Å². The lowest BCUT2D eigenvalue weighted by molar-refractivity contribution is -0.175. The summed E-state index contributed by atoms with van der Waals surface area (Å²) in [5.74, 6) is -7.22. The Labute approximate surface area is 321 Å². The van der Waals surface area contributed by atoms with Crippen LogP contribution in [0.1, 0.15) is 57.8 Å². The van der Waals surface area contributed by atoms with Crippen molar-refractivity contribution in [2.45, 2.75) is 92.9 Å². The first-order valence-electron chi connectivity index (χ1n) is 18.5. The highest BCUT2D eigenvalue weighted by molar-refractivity contribution is 7.91. The Morgan fingerprint density at radius 1 is 1.00 bits per heavy atom. The molecule has 8 rings (SSSR count). The number of halogens is 5. The monoisotopic (exact) mass is 817 g/mol. The number of amides is 4. The molecule has 3 fully saturated rings. The molecule has 1 saturated heterocycles. The van der Waals surface area contributed by atoms with Crippen molar-refractivity contribution in [1.29, 1.82) is 0 Å². The number of benzene rings is 2. The van der Waals surface area contributed by atoms with Gasteiger partial charge in [0.25, 0.3) is 5.91 Å². The normalized spacial score (nSPS) is 26.6. The molecule has 0 unspecified atom stereocenters. The number of hydrogen-bond acceptors (Lipinski definition) is 9. The molecule has 2 saturated carbocycles. The molecule has 57 heavy (non-hydrogen) atoms. The highest BCUT2D eigenvalue weighted by atomic mass is 32.2. The standard InChI is InChI=1S/C38H36F5N5O8S/c39-20-9-13-26-25(14-20)31(32-30(44-26)24-12-8-21(40)15-29(24)56-32)55-22-16-28-33(49)46-37(35(51)47-57(53,54)23-10-11-23)17-19(37)6-4-2-1-3-5-7-27(34(50)48(28)18-22)45-36(52)38(41,42)43/h4,6,8-9,12-15,19,22-23,27-28H,1-3,5,7,10-11,16-18H2,(H,45,52)(H,46,49)(H,47,51)/b6-4-/t19-,22-,27+,28+,37-/m1/s1. The van der Waals surface area contributed by atoms with E-state index in [9.17, 15) is 49.5 Å². The molecule has 4 amide bonds. The zero-order valence-corrected chi connectivity index (χ0v) is 30.9. The fourth-order valence-corrected chi connectivity index (χ4v) is 9.09. The molecule has 0 spiro atoms. The summed E-state index contributed by atoms with van der Waals surface area (Å²) >= 11 is 0. The summed E-state index contributed by atoms with van der Waals surface area (Å²) < 4.78 is 110. The van der Waals surface area contributed by atoms with Crippen molar-refractivity contribution in [2.24, 2.45) is 5.92 Å². The van der Waals surface area contributed by atoms with Gasteiger partial charge in [-0.2, -0.15) is 13.2 Å². The van der Waals surface area contributed by atoms with Gasteiger partial charge in [0.2, 0.25) is 21.8 Å². The number of hydrogen-bond donors (Lipinski definition) is 3. The van der Waals surface area contributed by atoms with Crippen LogP contribution >= 0.6 is 0 Å². The van der Waals surface area contributed by atoms with E-state index in [-0.39, 0.29) is 59.0 Å². The predicted molar refractivity (Wildman–Crippen MR) is 193 cm³/mol. The average Bonchev–Trinajstić information content (AvgIpc) is 4.05. The van der Waals surface area contributed by atoms with Crippen molar-refractivity contribution in [2.75, 3.05) is 6.54 Å². The smallest absolute Gasteiger partial charge is 0.471 e. The van der Waals surface area contributed by atoms with Gasteiger partial charge in [0, 0.05) is 29.2 Å². The van der Waals surface area contributed by atoms with Gasteiger partial charge in [-0.05, 0) is 68.9 Å². The molecule has 0 bridgehead atoms. The van der Waals surface area contributed by atoms with Crippen LogP contribution in [-0.2, 0) is 29.2 Å². The van der Waals surface area contributed by atoms with Gasteiger partial charge in [-0.25, -0.2) is 22.2 Å². The van der Waals surface area contributed by atoms with E-state index < -0.39 is 92.9 Å². The molecule has 3 N–H and O–H groups in total. The zero-order valence-electron chi connectivity index (χ0n) is 30.0. The SMILES string of the molecule is O=C1N[C@]2(C(=O)NS(=O)(=O)C3CC3)C[C@H]2/C=C\CCCCC[C@H](NC(=O)C(F)(F)F)C(=O)N2C[C@H](Oc3c4cc(F)ccc4nc4c3oc3cc(F)ccc34)C[C@@H]12. The fraction of sp³-hybridized carbons (Fsp3) is 0.447. The number of alkyl halides is 3. The second-order valence-electron chi connectivity index (χ2n) is 15.0. The summed E-state index contributed by atoms with van der Waals surface area (Å²) in [6, 6.07) is 4.22. The number of furan rings is 1. The third-order valence-corrected chi connectivity index (χ3v) is 12.8. The number of sulfonamides is 1. The van der Waals surface area contributed by atoms with Crippen LogP contribution in [0.4, 0.5) is 22.0 Å². The van der Waals surface area contributed by atoms with Crippen molar-refractivity contribution in [3.8, 4) is 5.75 Å². The number of carbonyl (C=O) groups is 4. The number of ether oxygens (including phenoxy) is 1. The summed E-state index contributed by atoms with van der Waals surface area (Å²) in [6.45, 7) is -0.427. The van der Waals surface area contributed by atoms with Crippen LogP contribution in [-0.4, -0.2) is 83.6 Å². The molecular formula is C38H36F5N5O8S. The number of carbonyl (C=O) groups excluding carboxylic acids is 4. The van der Waals surface area contributed by atoms with Crippen LogP contribution in [0, 0.1) is 17.6 Å². The van der Waals surface area contributed by atoms with Crippen LogP contribution in [0.5, 0.6) is 5.75 Å². The number of allylic oxidation sites excluding steroid dienone is 1. The minimum absolute atomic E-state index is 0.00985. The first-order chi connectivity index (χ1) is 27.0. The van der Waals surface area contributed by atoms with Crippen LogP contribution in [0.3, 0.4) is 0 Å². The minimum Gasteiger partial charge on any atom is -0.484 e. The van der Waals surface area contributed by atoms with Crippen molar-refractivity contribution >= 4 is 66.6 Å². The lowest BCUT2D eigenvalue weighted by atomic mass is 10.0. The van der Waals surface area contributed by atoms with Gasteiger partial charge in [0.15, 0.2) is 11.3 Å². The molecule has 5 atom stereocenters. The van der Waals surface area contributed by atoms with E-state index in [0.29, 0.717) is 37.5 Å². The van der Waals surface area contributed by atoms with Gasteiger partial charge in [-0.3, -0.25) is 23.9 Å². The molecule has 302 valence electrons. The Bertz CT molecular complexity index is 2470. The molecule has 2 aliphatic heterocycles. The second kappa shape index (κ2) is 14.2. The maximum Gasteiger partial charge on any atom is 0.471 e. The van der Waals surface area contributed by atoms with Crippen molar-refractivity contribution in [3.63, 3.8) is 0 Å². The molecule has 4 heterocycles. The average molecular weight is 818 g/mol. The first-order valence-corrected chi connectivity index (χ1v) is 20.1. The Hall–Kier alpha value is -5.33. The Kier molecular flexibility index (Phi) is 9.63. The maximum absolute atomic E-state index is 14.7. The number of nitrogens with zero attached hydrogens (tertiary/aromatic N) is 2. The van der Waals surface area contributed by atoms with Crippen LogP contribution in [0.2, 0.25) is 0 Å². The van der Waals surface area contributed by atoms with Crippen molar-refractivity contribution < 1.29 is 58.7 Å². The van der Waals surface area contributed by atoms with E-state index >= 15 is 0 Å². The molecule has 2 aromatic heterocycles. The van der Waals surface area contributed by atoms with Crippen LogP contribution < -0.4 is 20.1 Å². The van der Waals surface area contributed by atoms with Crippen molar-refractivity contribution in [3.05, 3.63) is 60.2 Å². The predicted octanol–water partition coefficient (Wildman–Crippen LogP) is 4.81. The Morgan fingerprint density at radius 2 is 1.75 bits per heavy atom. The number of fused-ring (bicyclic) bond motifs is 6. The van der Waals surface area contributed by atoms with Gasteiger partial charge in [-0.15, -0.1) is 0 Å².